The van der Waals surface area contributed by atoms with Gasteiger partial charge in [-0.3, -0.25) is 14.6 Å². The lowest BCUT2D eigenvalue weighted by molar-refractivity contribution is -0.140. The van der Waals surface area contributed by atoms with E-state index in [1.807, 2.05) is 12.1 Å². The number of carbonyl (C=O) groups excluding carboxylic acids is 2. The smallest absolute Gasteiger partial charge is 0.223 e. The Morgan fingerprint density at radius 3 is 3.00 bits per heavy atom. The SMILES string of the molecule is CNC(=O)CC1(OC)COCCN(C(=O)CCc2cccnc2)C1. The quantitative estimate of drug-likeness (QED) is 0.814. The number of rotatable bonds is 6. The second-order valence-corrected chi connectivity index (χ2v) is 5.97. The molecular formula is C17H25N3O4. The van der Waals surface area contributed by atoms with Gasteiger partial charge >= 0.3 is 0 Å². The minimum Gasteiger partial charge on any atom is -0.377 e. The Labute approximate surface area is 142 Å². The van der Waals surface area contributed by atoms with Crippen molar-refractivity contribution in [2.75, 3.05) is 40.5 Å². The van der Waals surface area contributed by atoms with E-state index in [4.69, 9.17) is 9.47 Å². The van der Waals surface area contributed by atoms with Gasteiger partial charge in [-0.1, -0.05) is 6.07 Å². The van der Waals surface area contributed by atoms with Crippen LogP contribution in [0.25, 0.3) is 0 Å². The van der Waals surface area contributed by atoms with Crippen molar-refractivity contribution in [1.82, 2.24) is 15.2 Å². The van der Waals surface area contributed by atoms with Crippen molar-refractivity contribution in [3.63, 3.8) is 0 Å². The Balaban J connectivity index is 1.99. The van der Waals surface area contributed by atoms with Crippen LogP contribution in [0.3, 0.4) is 0 Å². The number of ether oxygens (including phenoxy) is 2. The van der Waals surface area contributed by atoms with Crippen molar-refractivity contribution in [2.24, 2.45) is 0 Å². The molecule has 0 bridgehead atoms. The maximum atomic E-state index is 12.6. The molecule has 0 aliphatic carbocycles. The Morgan fingerprint density at radius 2 is 2.33 bits per heavy atom. The standard InChI is InChI=1S/C17H25N3O4/c1-18-15(21)10-17(23-2)12-20(8-9-24-13-17)16(22)6-5-14-4-3-7-19-11-14/h3-4,7,11H,5-6,8-10,12-13H2,1-2H3,(H,18,21). The zero-order valence-electron chi connectivity index (χ0n) is 14.3. The Morgan fingerprint density at radius 1 is 1.50 bits per heavy atom. The lowest BCUT2D eigenvalue weighted by Gasteiger charge is -2.33. The van der Waals surface area contributed by atoms with Crippen LogP contribution >= 0.6 is 0 Å². The lowest BCUT2D eigenvalue weighted by atomic mass is 9.98. The molecule has 2 heterocycles. The molecule has 0 aromatic carbocycles. The van der Waals surface area contributed by atoms with Gasteiger partial charge in [-0.2, -0.15) is 0 Å². The summed E-state index contributed by atoms with van der Waals surface area (Å²) >= 11 is 0. The predicted molar refractivity (Wildman–Crippen MR) is 88.4 cm³/mol. The van der Waals surface area contributed by atoms with E-state index in [1.165, 1.54) is 0 Å². The first-order valence-electron chi connectivity index (χ1n) is 8.09. The lowest BCUT2D eigenvalue weighted by Crippen LogP contribution is -2.50. The molecule has 1 fully saturated rings. The molecule has 1 atom stereocenters. The number of aryl methyl sites for hydroxylation is 1. The second kappa shape index (κ2) is 8.75. The summed E-state index contributed by atoms with van der Waals surface area (Å²) in [5, 5.41) is 2.60. The molecule has 1 aromatic heterocycles. The van der Waals surface area contributed by atoms with E-state index in [2.05, 4.69) is 10.3 Å². The molecule has 2 amide bonds. The summed E-state index contributed by atoms with van der Waals surface area (Å²) in [5.74, 6) is -0.104. The van der Waals surface area contributed by atoms with E-state index in [9.17, 15) is 9.59 Å². The van der Waals surface area contributed by atoms with Crippen molar-refractivity contribution >= 4 is 11.8 Å². The topological polar surface area (TPSA) is 80.8 Å². The maximum absolute atomic E-state index is 12.6. The largest absolute Gasteiger partial charge is 0.377 e. The summed E-state index contributed by atoms with van der Waals surface area (Å²) in [4.78, 5) is 30.2. The van der Waals surface area contributed by atoms with Crippen LogP contribution in [-0.4, -0.2) is 67.8 Å². The van der Waals surface area contributed by atoms with Gasteiger partial charge in [0.25, 0.3) is 0 Å². The highest BCUT2D eigenvalue weighted by molar-refractivity contribution is 5.78. The molecule has 132 valence electrons. The highest BCUT2D eigenvalue weighted by Gasteiger charge is 2.38. The summed E-state index contributed by atoms with van der Waals surface area (Å²) in [6.45, 7) is 1.59. The van der Waals surface area contributed by atoms with Gasteiger partial charge in [0.2, 0.25) is 11.8 Å². The van der Waals surface area contributed by atoms with Crippen LogP contribution in [0.1, 0.15) is 18.4 Å². The molecule has 24 heavy (non-hydrogen) atoms. The minimum absolute atomic E-state index is 0.0303. The number of nitrogens with one attached hydrogen (secondary N) is 1. The number of aromatic nitrogens is 1. The van der Waals surface area contributed by atoms with Crippen molar-refractivity contribution in [2.45, 2.75) is 24.9 Å². The van der Waals surface area contributed by atoms with Gasteiger partial charge in [-0.05, 0) is 18.1 Å². The summed E-state index contributed by atoms with van der Waals surface area (Å²) in [7, 11) is 3.13. The first kappa shape index (κ1) is 18.4. The van der Waals surface area contributed by atoms with E-state index >= 15 is 0 Å². The first-order valence-corrected chi connectivity index (χ1v) is 8.09. The summed E-state index contributed by atoms with van der Waals surface area (Å²) in [6.07, 6.45) is 4.67. The average molecular weight is 335 g/mol. The molecule has 7 nitrogen and oxygen atoms in total. The molecule has 1 N–H and O–H groups in total. The van der Waals surface area contributed by atoms with E-state index < -0.39 is 5.60 Å². The third kappa shape index (κ3) is 5.01. The molecule has 1 aliphatic rings. The average Bonchev–Trinajstić information content (AvgIpc) is 2.83. The fourth-order valence-electron chi connectivity index (χ4n) is 2.76. The fraction of sp³-hybridized carbons (Fsp3) is 0.588. The highest BCUT2D eigenvalue weighted by Crippen LogP contribution is 2.21. The van der Waals surface area contributed by atoms with Crippen LogP contribution in [0.2, 0.25) is 0 Å². The van der Waals surface area contributed by atoms with E-state index in [0.29, 0.717) is 39.1 Å². The van der Waals surface area contributed by atoms with E-state index in [0.717, 1.165) is 5.56 Å². The van der Waals surface area contributed by atoms with Crippen LogP contribution in [-0.2, 0) is 25.5 Å². The molecule has 0 radical (unpaired) electrons. The summed E-state index contributed by atoms with van der Waals surface area (Å²) in [5.41, 5.74) is 0.223. The predicted octanol–water partition coefficient (Wildman–Crippen LogP) is 0.394. The molecule has 1 aliphatic heterocycles. The molecule has 0 saturated carbocycles. The maximum Gasteiger partial charge on any atom is 0.223 e. The van der Waals surface area contributed by atoms with Gasteiger partial charge in [0, 0.05) is 39.5 Å². The number of hydrogen-bond acceptors (Lipinski definition) is 5. The van der Waals surface area contributed by atoms with Crippen molar-refractivity contribution in [3.8, 4) is 0 Å². The number of nitrogens with zero attached hydrogens (tertiary/aromatic N) is 2. The Bertz CT molecular complexity index is 552. The minimum atomic E-state index is -0.805. The van der Waals surface area contributed by atoms with Crippen LogP contribution < -0.4 is 5.32 Å². The molecule has 1 saturated heterocycles. The fourth-order valence-corrected chi connectivity index (χ4v) is 2.76. The number of hydrogen-bond donors (Lipinski definition) is 1. The van der Waals surface area contributed by atoms with Crippen molar-refractivity contribution in [3.05, 3.63) is 30.1 Å². The molecule has 1 unspecified atom stereocenters. The van der Waals surface area contributed by atoms with Crippen LogP contribution in [0, 0.1) is 0 Å². The highest BCUT2D eigenvalue weighted by atomic mass is 16.5. The van der Waals surface area contributed by atoms with Gasteiger partial charge in [0.05, 0.1) is 26.2 Å². The Kier molecular flexibility index (Phi) is 6.69. The van der Waals surface area contributed by atoms with E-state index in [-0.39, 0.29) is 18.2 Å². The molecule has 7 heteroatoms. The van der Waals surface area contributed by atoms with Crippen LogP contribution in [0.4, 0.5) is 0 Å². The zero-order valence-corrected chi connectivity index (χ0v) is 14.3. The number of pyridine rings is 1. The molecule has 2 rings (SSSR count). The number of amides is 2. The Hall–Kier alpha value is -1.99. The molecular weight excluding hydrogens is 310 g/mol. The zero-order chi connectivity index (χ0) is 17.4. The van der Waals surface area contributed by atoms with Crippen molar-refractivity contribution in [1.29, 1.82) is 0 Å². The third-order valence-electron chi connectivity index (χ3n) is 4.25. The van der Waals surface area contributed by atoms with Crippen molar-refractivity contribution < 1.29 is 19.1 Å². The van der Waals surface area contributed by atoms with E-state index in [1.54, 1.807) is 31.5 Å². The summed E-state index contributed by atoms with van der Waals surface area (Å²) in [6, 6.07) is 3.82. The number of carbonyl (C=O) groups is 2. The molecule has 0 spiro atoms. The third-order valence-corrected chi connectivity index (χ3v) is 4.25. The summed E-state index contributed by atoms with van der Waals surface area (Å²) < 4.78 is 11.2. The van der Waals surface area contributed by atoms with Gasteiger partial charge < -0.3 is 19.7 Å². The normalized spacial score (nSPS) is 21.2. The van der Waals surface area contributed by atoms with Crippen LogP contribution in [0.15, 0.2) is 24.5 Å². The molecule has 1 aromatic rings. The first-order chi connectivity index (χ1) is 11.6. The monoisotopic (exact) mass is 335 g/mol. The van der Waals surface area contributed by atoms with Gasteiger partial charge in [-0.25, -0.2) is 0 Å². The van der Waals surface area contributed by atoms with Gasteiger partial charge in [0.1, 0.15) is 5.60 Å². The van der Waals surface area contributed by atoms with Gasteiger partial charge in [-0.15, -0.1) is 0 Å². The number of methoxy groups -OCH3 is 1. The van der Waals surface area contributed by atoms with Crippen LogP contribution in [0.5, 0.6) is 0 Å². The second-order valence-electron chi connectivity index (χ2n) is 5.97. The van der Waals surface area contributed by atoms with Gasteiger partial charge in [0.15, 0.2) is 0 Å².